The summed E-state index contributed by atoms with van der Waals surface area (Å²) >= 11 is 0. The third-order valence-corrected chi connectivity index (χ3v) is 2.38. The minimum Gasteiger partial charge on any atom is -0.368 e. The van der Waals surface area contributed by atoms with Gasteiger partial charge in [-0.3, -0.25) is 0 Å². The average molecular weight is 238 g/mol. The zero-order valence-electron chi connectivity index (χ0n) is 9.43. The molecule has 6 heteroatoms. The molecule has 3 rings (SSSR count). The van der Waals surface area contributed by atoms with Gasteiger partial charge in [0.2, 0.25) is 5.95 Å². The van der Waals surface area contributed by atoms with Crippen molar-refractivity contribution in [2.45, 2.75) is 0 Å². The van der Waals surface area contributed by atoms with Crippen LogP contribution in [0.5, 0.6) is 0 Å². The molecule has 18 heavy (non-hydrogen) atoms. The largest absolute Gasteiger partial charge is 0.368 e. The van der Waals surface area contributed by atoms with Crippen LogP contribution in [0.25, 0.3) is 17.3 Å². The minimum atomic E-state index is 0.175. The van der Waals surface area contributed by atoms with Crippen LogP contribution >= 0.6 is 0 Å². The highest BCUT2D eigenvalue weighted by Crippen LogP contribution is 2.15. The number of hydrogen-bond acceptors (Lipinski definition) is 5. The van der Waals surface area contributed by atoms with E-state index in [9.17, 15) is 0 Å². The van der Waals surface area contributed by atoms with Crippen LogP contribution in [-0.2, 0) is 0 Å². The molecule has 0 aliphatic carbocycles. The first kappa shape index (κ1) is 10.4. The van der Waals surface area contributed by atoms with Crippen molar-refractivity contribution in [2.75, 3.05) is 5.73 Å². The van der Waals surface area contributed by atoms with Crippen LogP contribution in [-0.4, -0.2) is 24.7 Å². The van der Waals surface area contributed by atoms with E-state index in [2.05, 4.69) is 20.1 Å². The average Bonchev–Trinajstić information content (AvgIpc) is 2.93. The molecule has 0 amide bonds. The van der Waals surface area contributed by atoms with Crippen LogP contribution in [0.4, 0.5) is 5.95 Å². The number of hydrogen-bond donors (Lipinski definition) is 1. The molecule has 0 aliphatic heterocycles. The molecular weight excluding hydrogens is 228 g/mol. The summed E-state index contributed by atoms with van der Waals surface area (Å²) in [5, 5.41) is 4.07. The number of anilines is 1. The van der Waals surface area contributed by atoms with Crippen LogP contribution in [0.3, 0.4) is 0 Å². The molecule has 6 nitrogen and oxygen atoms in total. The number of aromatic nitrogens is 5. The highest BCUT2D eigenvalue weighted by molar-refractivity contribution is 5.56. The molecule has 0 saturated heterocycles. The van der Waals surface area contributed by atoms with E-state index in [1.54, 1.807) is 23.1 Å². The molecule has 0 unspecified atom stereocenters. The number of rotatable bonds is 2. The van der Waals surface area contributed by atoms with Crippen molar-refractivity contribution < 1.29 is 0 Å². The first-order chi connectivity index (χ1) is 8.83. The van der Waals surface area contributed by atoms with Crippen molar-refractivity contribution in [3.05, 3.63) is 48.8 Å². The van der Waals surface area contributed by atoms with Gasteiger partial charge >= 0.3 is 0 Å². The van der Waals surface area contributed by atoms with Gasteiger partial charge in [0.25, 0.3) is 5.95 Å². The van der Waals surface area contributed by atoms with E-state index in [1.165, 1.54) is 0 Å². The summed E-state index contributed by atoms with van der Waals surface area (Å²) in [6, 6.07) is 11.4. The first-order valence-corrected chi connectivity index (χ1v) is 5.40. The second-order valence-corrected chi connectivity index (χ2v) is 3.63. The first-order valence-electron chi connectivity index (χ1n) is 5.40. The maximum Gasteiger partial charge on any atom is 0.255 e. The van der Waals surface area contributed by atoms with Gasteiger partial charge in [-0.05, 0) is 6.07 Å². The van der Waals surface area contributed by atoms with E-state index in [0.29, 0.717) is 11.8 Å². The van der Waals surface area contributed by atoms with Crippen molar-refractivity contribution in [3.63, 3.8) is 0 Å². The van der Waals surface area contributed by atoms with Gasteiger partial charge < -0.3 is 5.73 Å². The van der Waals surface area contributed by atoms with E-state index < -0.39 is 0 Å². The fraction of sp³-hybridized carbons (Fsp3) is 0. The molecule has 1 aromatic carbocycles. The normalized spacial score (nSPS) is 10.4. The predicted octanol–water partition coefficient (Wildman–Crippen LogP) is 1.31. The molecule has 0 radical (unpaired) electrons. The van der Waals surface area contributed by atoms with E-state index in [1.807, 2.05) is 30.3 Å². The lowest BCUT2D eigenvalue weighted by Crippen LogP contribution is -2.07. The van der Waals surface area contributed by atoms with Crippen molar-refractivity contribution in [1.82, 2.24) is 24.7 Å². The third kappa shape index (κ3) is 1.91. The number of nitrogen functional groups attached to an aromatic ring is 1. The summed E-state index contributed by atoms with van der Waals surface area (Å²) in [6.45, 7) is 0. The van der Waals surface area contributed by atoms with E-state index in [4.69, 9.17) is 5.73 Å². The topological polar surface area (TPSA) is 82.5 Å². The van der Waals surface area contributed by atoms with E-state index in [-0.39, 0.29) is 5.95 Å². The second-order valence-electron chi connectivity index (χ2n) is 3.63. The van der Waals surface area contributed by atoms with Gasteiger partial charge in [-0.15, -0.1) is 0 Å². The Morgan fingerprint density at radius 3 is 2.50 bits per heavy atom. The Hall–Kier alpha value is -2.76. The maximum atomic E-state index is 5.70. The van der Waals surface area contributed by atoms with Crippen LogP contribution in [0.2, 0.25) is 0 Å². The summed E-state index contributed by atoms with van der Waals surface area (Å²) < 4.78 is 1.55. The summed E-state index contributed by atoms with van der Waals surface area (Å²) in [6.07, 6.45) is 3.41. The third-order valence-electron chi connectivity index (χ3n) is 2.38. The van der Waals surface area contributed by atoms with E-state index in [0.717, 1.165) is 5.56 Å². The predicted molar refractivity (Wildman–Crippen MR) is 66.8 cm³/mol. The SMILES string of the molecule is Nc1nc(-c2ccccc2)nc(-n2cccn2)n1. The summed E-state index contributed by atoms with van der Waals surface area (Å²) in [5.41, 5.74) is 6.59. The molecule has 0 aliphatic rings. The Balaban J connectivity index is 2.12. The standard InChI is InChI=1S/C12H10N6/c13-11-15-10(9-5-2-1-3-6-9)16-12(17-11)18-8-4-7-14-18/h1-8H,(H2,13,15,16,17). The van der Waals surface area contributed by atoms with Crippen molar-refractivity contribution >= 4 is 5.95 Å². The Bertz CT molecular complexity index is 648. The highest BCUT2D eigenvalue weighted by atomic mass is 15.4. The highest BCUT2D eigenvalue weighted by Gasteiger charge is 2.07. The number of nitrogens with zero attached hydrogens (tertiary/aromatic N) is 5. The molecule has 0 saturated carbocycles. The molecule has 0 bridgehead atoms. The summed E-state index contributed by atoms with van der Waals surface area (Å²) in [4.78, 5) is 12.5. The van der Waals surface area contributed by atoms with Gasteiger partial charge in [-0.1, -0.05) is 30.3 Å². The van der Waals surface area contributed by atoms with Gasteiger partial charge in [-0.2, -0.15) is 20.1 Å². The maximum absolute atomic E-state index is 5.70. The van der Waals surface area contributed by atoms with Gasteiger partial charge in [0, 0.05) is 18.0 Å². The van der Waals surface area contributed by atoms with Crippen molar-refractivity contribution in [3.8, 4) is 17.3 Å². The lowest BCUT2D eigenvalue weighted by molar-refractivity contribution is 0.801. The lowest BCUT2D eigenvalue weighted by Gasteiger charge is -2.04. The summed E-state index contributed by atoms with van der Waals surface area (Å²) in [5.74, 6) is 1.12. The smallest absolute Gasteiger partial charge is 0.255 e. The fourth-order valence-corrected chi connectivity index (χ4v) is 1.59. The van der Waals surface area contributed by atoms with Crippen LogP contribution in [0, 0.1) is 0 Å². The molecule has 2 heterocycles. The Kier molecular flexibility index (Phi) is 2.45. The van der Waals surface area contributed by atoms with Gasteiger partial charge in [0.1, 0.15) is 0 Å². The molecule has 0 atom stereocenters. The van der Waals surface area contributed by atoms with Crippen molar-refractivity contribution in [1.29, 1.82) is 0 Å². The Morgan fingerprint density at radius 1 is 0.944 bits per heavy atom. The van der Waals surface area contributed by atoms with Crippen LogP contribution in [0.1, 0.15) is 0 Å². The molecule has 3 aromatic rings. The van der Waals surface area contributed by atoms with Crippen molar-refractivity contribution in [2.24, 2.45) is 0 Å². The Morgan fingerprint density at radius 2 is 1.78 bits per heavy atom. The molecule has 0 fully saturated rings. The van der Waals surface area contributed by atoms with Gasteiger partial charge in [0.05, 0.1) is 0 Å². The van der Waals surface area contributed by atoms with E-state index >= 15 is 0 Å². The van der Waals surface area contributed by atoms with Gasteiger partial charge in [-0.25, -0.2) is 4.68 Å². The summed E-state index contributed by atoms with van der Waals surface area (Å²) in [7, 11) is 0. The fourth-order valence-electron chi connectivity index (χ4n) is 1.59. The number of benzene rings is 1. The minimum absolute atomic E-state index is 0.175. The zero-order valence-corrected chi connectivity index (χ0v) is 9.43. The van der Waals surface area contributed by atoms with Crippen LogP contribution < -0.4 is 5.73 Å². The monoisotopic (exact) mass is 238 g/mol. The van der Waals surface area contributed by atoms with Gasteiger partial charge in [0.15, 0.2) is 5.82 Å². The second kappa shape index (κ2) is 4.25. The Labute approximate surface area is 103 Å². The molecule has 88 valence electrons. The lowest BCUT2D eigenvalue weighted by atomic mass is 10.2. The number of nitrogens with two attached hydrogens (primary N) is 1. The molecular formula is C12H10N6. The molecule has 2 aromatic heterocycles. The van der Waals surface area contributed by atoms with Crippen LogP contribution in [0.15, 0.2) is 48.8 Å². The molecule has 2 N–H and O–H groups in total. The quantitative estimate of drug-likeness (QED) is 0.727. The molecule has 0 spiro atoms. The zero-order chi connectivity index (χ0) is 12.4.